The Morgan fingerprint density at radius 1 is 1.04 bits per heavy atom. The van der Waals surface area contributed by atoms with E-state index in [1.807, 2.05) is 0 Å². The molecule has 1 aliphatic heterocycles. The molecule has 0 unspecified atom stereocenters. The maximum Gasteiger partial charge on any atom is 0.253 e. The Hall–Kier alpha value is -2.11. The van der Waals surface area contributed by atoms with Gasteiger partial charge in [0.25, 0.3) is 5.91 Å². The third kappa shape index (κ3) is 4.34. The standard InChI is InChI=1S/C19H17Cl2FN2O2/c20-14-3-6-17(16(21)11-14)23-18(25)12-7-9-24(10-8-12)19(26)13-1-4-15(22)5-2-13/h1-6,11-12H,7-10H2,(H,23,25). The number of hydrogen-bond donors (Lipinski definition) is 1. The average molecular weight is 395 g/mol. The van der Waals surface area contributed by atoms with Crippen molar-refractivity contribution in [2.45, 2.75) is 12.8 Å². The number of halogens is 3. The van der Waals surface area contributed by atoms with Crippen molar-refractivity contribution in [3.8, 4) is 0 Å². The average Bonchev–Trinajstić information content (AvgIpc) is 2.64. The number of nitrogens with zero attached hydrogens (tertiary/aromatic N) is 1. The van der Waals surface area contributed by atoms with Crippen LogP contribution in [0.5, 0.6) is 0 Å². The second-order valence-electron chi connectivity index (χ2n) is 6.19. The van der Waals surface area contributed by atoms with Gasteiger partial charge in [-0.05, 0) is 55.3 Å². The molecule has 0 atom stereocenters. The molecular formula is C19H17Cl2FN2O2. The van der Waals surface area contributed by atoms with Crippen LogP contribution < -0.4 is 5.32 Å². The number of anilines is 1. The Labute approximate surface area is 160 Å². The molecule has 1 aliphatic rings. The highest BCUT2D eigenvalue weighted by molar-refractivity contribution is 6.36. The van der Waals surface area contributed by atoms with Crippen LogP contribution in [-0.4, -0.2) is 29.8 Å². The Kier molecular flexibility index (Phi) is 5.79. The van der Waals surface area contributed by atoms with Crippen LogP contribution >= 0.6 is 23.2 Å². The number of hydrogen-bond acceptors (Lipinski definition) is 2. The van der Waals surface area contributed by atoms with Crippen LogP contribution in [0.1, 0.15) is 23.2 Å². The summed E-state index contributed by atoms with van der Waals surface area (Å²) < 4.78 is 13.0. The number of carbonyl (C=O) groups is 2. The fourth-order valence-corrected chi connectivity index (χ4v) is 3.40. The minimum Gasteiger partial charge on any atom is -0.339 e. The number of piperidine rings is 1. The molecule has 3 rings (SSSR count). The van der Waals surface area contributed by atoms with Crippen molar-refractivity contribution in [3.05, 3.63) is 63.9 Å². The van der Waals surface area contributed by atoms with Gasteiger partial charge in [-0.2, -0.15) is 0 Å². The highest BCUT2D eigenvalue weighted by Crippen LogP contribution is 2.27. The van der Waals surface area contributed by atoms with Gasteiger partial charge in [-0.25, -0.2) is 4.39 Å². The van der Waals surface area contributed by atoms with Gasteiger partial charge >= 0.3 is 0 Å². The van der Waals surface area contributed by atoms with Gasteiger partial charge < -0.3 is 10.2 Å². The molecule has 0 aliphatic carbocycles. The predicted molar refractivity (Wildman–Crippen MR) is 100 cm³/mol. The Morgan fingerprint density at radius 2 is 1.69 bits per heavy atom. The van der Waals surface area contributed by atoms with Gasteiger partial charge in [-0.15, -0.1) is 0 Å². The molecule has 0 saturated carbocycles. The monoisotopic (exact) mass is 394 g/mol. The first kappa shape index (κ1) is 18.7. The van der Waals surface area contributed by atoms with Crippen molar-refractivity contribution in [2.24, 2.45) is 5.92 Å². The summed E-state index contributed by atoms with van der Waals surface area (Å²) in [6.45, 7) is 0.950. The van der Waals surface area contributed by atoms with Crippen LogP contribution in [0.3, 0.4) is 0 Å². The van der Waals surface area contributed by atoms with Crippen molar-refractivity contribution >= 4 is 40.7 Å². The zero-order chi connectivity index (χ0) is 18.7. The molecule has 0 aromatic heterocycles. The van der Waals surface area contributed by atoms with E-state index in [0.29, 0.717) is 47.2 Å². The summed E-state index contributed by atoms with van der Waals surface area (Å²) in [7, 11) is 0. The lowest BCUT2D eigenvalue weighted by Crippen LogP contribution is -2.41. The molecule has 1 heterocycles. The Bertz CT molecular complexity index is 819. The molecule has 4 nitrogen and oxygen atoms in total. The van der Waals surface area contributed by atoms with Gasteiger partial charge in [0.15, 0.2) is 0 Å². The van der Waals surface area contributed by atoms with Crippen LogP contribution in [0.2, 0.25) is 10.0 Å². The van der Waals surface area contributed by atoms with Crippen molar-refractivity contribution < 1.29 is 14.0 Å². The van der Waals surface area contributed by atoms with Crippen LogP contribution in [0.15, 0.2) is 42.5 Å². The first-order chi connectivity index (χ1) is 12.4. The maximum absolute atomic E-state index is 13.0. The quantitative estimate of drug-likeness (QED) is 0.825. The minimum absolute atomic E-state index is 0.122. The third-order valence-corrected chi connectivity index (χ3v) is 4.98. The van der Waals surface area contributed by atoms with Gasteiger partial charge in [0.1, 0.15) is 5.82 Å². The largest absolute Gasteiger partial charge is 0.339 e. The molecule has 1 saturated heterocycles. The lowest BCUT2D eigenvalue weighted by Gasteiger charge is -2.31. The van der Waals surface area contributed by atoms with E-state index in [0.717, 1.165) is 0 Å². The Balaban J connectivity index is 1.56. The molecule has 2 aromatic rings. The van der Waals surface area contributed by atoms with Gasteiger partial charge in [-0.3, -0.25) is 9.59 Å². The molecule has 26 heavy (non-hydrogen) atoms. The van der Waals surface area contributed by atoms with Gasteiger partial charge in [-0.1, -0.05) is 23.2 Å². The number of carbonyl (C=O) groups excluding carboxylic acids is 2. The summed E-state index contributed by atoms with van der Waals surface area (Å²) in [6.07, 6.45) is 1.12. The number of amides is 2. The Morgan fingerprint density at radius 3 is 2.31 bits per heavy atom. The molecule has 2 amide bonds. The van der Waals surface area contributed by atoms with E-state index in [4.69, 9.17) is 23.2 Å². The number of likely N-dealkylation sites (tertiary alicyclic amines) is 1. The lowest BCUT2D eigenvalue weighted by molar-refractivity contribution is -0.121. The van der Waals surface area contributed by atoms with Gasteiger partial charge in [0, 0.05) is 29.6 Å². The highest BCUT2D eigenvalue weighted by Gasteiger charge is 2.28. The lowest BCUT2D eigenvalue weighted by atomic mass is 9.95. The summed E-state index contributed by atoms with van der Waals surface area (Å²) in [5.41, 5.74) is 0.966. The second-order valence-corrected chi connectivity index (χ2v) is 7.03. The van der Waals surface area contributed by atoms with Crippen molar-refractivity contribution in [1.29, 1.82) is 0 Å². The summed E-state index contributed by atoms with van der Waals surface area (Å²) in [5, 5.41) is 3.70. The van der Waals surface area contributed by atoms with E-state index in [1.165, 1.54) is 24.3 Å². The molecule has 1 fully saturated rings. The van der Waals surface area contributed by atoms with E-state index >= 15 is 0 Å². The molecule has 136 valence electrons. The first-order valence-electron chi connectivity index (χ1n) is 8.25. The van der Waals surface area contributed by atoms with E-state index < -0.39 is 0 Å². The number of nitrogens with one attached hydrogen (secondary N) is 1. The third-order valence-electron chi connectivity index (χ3n) is 4.43. The second kappa shape index (κ2) is 8.06. The molecular weight excluding hydrogens is 378 g/mol. The molecule has 1 N–H and O–H groups in total. The van der Waals surface area contributed by atoms with Crippen LogP contribution in [0.4, 0.5) is 10.1 Å². The fourth-order valence-electron chi connectivity index (χ4n) is 2.95. The molecule has 2 aromatic carbocycles. The summed E-state index contributed by atoms with van der Waals surface area (Å²) in [6, 6.07) is 10.4. The van der Waals surface area contributed by atoms with Gasteiger partial charge in [0.05, 0.1) is 10.7 Å². The van der Waals surface area contributed by atoms with E-state index in [2.05, 4.69) is 5.32 Å². The zero-order valence-corrected chi connectivity index (χ0v) is 15.4. The molecule has 0 spiro atoms. The summed E-state index contributed by atoms with van der Waals surface area (Å²) >= 11 is 11.9. The predicted octanol–water partition coefficient (Wildman–Crippen LogP) is 4.62. The fraction of sp³-hybridized carbons (Fsp3) is 0.263. The summed E-state index contributed by atoms with van der Waals surface area (Å²) in [4.78, 5) is 26.6. The number of rotatable bonds is 3. The van der Waals surface area contributed by atoms with E-state index in [1.54, 1.807) is 23.1 Å². The minimum atomic E-state index is -0.377. The zero-order valence-electron chi connectivity index (χ0n) is 13.8. The molecule has 0 bridgehead atoms. The smallest absolute Gasteiger partial charge is 0.253 e. The van der Waals surface area contributed by atoms with E-state index in [-0.39, 0.29) is 23.5 Å². The maximum atomic E-state index is 13.0. The normalized spacial score (nSPS) is 15.0. The highest BCUT2D eigenvalue weighted by atomic mass is 35.5. The SMILES string of the molecule is O=C(Nc1ccc(Cl)cc1Cl)C1CCN(C(=O)c2ccc(F)cc2)CC1. The van der Waals surface area contributed by atoms with Crippen molar-refractivity contribution in [1.82, 2.24) is 4.90 Å². The first-order valence-corrected chi connectivity index (χ1v) is 9.00. The summed E-state index contributed by atoms with van der Waals surface area (Å²) in [5.74, 6) is -0.843. The van der Waals surface area contributed by atoms with Gasteiger partial charge in [0.2, 0.25) is 5.91 Å². The van der Waals surface area contributed by atoms with E-state index in [9.17, 15) is 14.0 Å². The van der Waals surface area contributed by atoms with Crippen molar-refractivity contribution in [3.63, 3.8) is 0 Å². The van der Waals surface area contributed by atoms with Crippen LogP contribution in [0, 0.1) is 11.7 Å². The number of benzene rings is 2. The topological polar surface area (TPSA) is 49.4 Å². The van der Waals surface area contributed by atoms with Crippen molar-refractivity contribution in [2.75, 3.05) is 18.4 Å². The van der Waals surface area contributed by atoms with Crippen LogP contribution in [-0.2, 0) is 4.79 Å². The molecule has 7 heteroatoms. The molecule has 0 radical (unpaired) electrons. The van der Waals surface area contributed by atoms with Crippen LogP contribution in [0.25, 0.3) is 0 Å².